The number of allylic oxidation sites excluding steroid dienone is 1. The maximum atomic E-state index is 10.6. The van der Waals surface area contributed by atoms with Crippen LogP contribution >= 0.6 is 35.8 Å². The molecule has 1 amide bonds. The second-order valence-corrected chi connectivity index (χ2v) is 12.6. The lowest BCUT2D eigenvalue weighted by Gasteiger charge is -2.39. The van der Waals surface area contributed by atoms with E-state index in [1.165, 1.54) is 24.1 Å². The van der Waals surface area contributed by atoms with Crippen LogP contribution in [-0.2, 0) is 0 Å². The first-order valence-corrected chi connectivity index (χ1v) is 15.0. The zero-order valence-electron chi connectivity index (χ0n) is 23.7. The molecule has 0 saturated carbocycles. The summed E-state index contributed by atoms with van der Waals surface area (Å²) in [5, 5.41) is 10.7. The Kier molecular flexibility index (Phi) is 10.5. The number of hydrogen-bond donors (Lipinski definition) is 2. The highest BCUT2D eigenvalue weighted by Crippen LogP contribution is 2.43. The summed E-state index contributed by atoms with van der Waals surface area (Å²) in [7, 11) is 0. The zero-order chi connectivity index (χ0) is 30.4. The summed E-state index contributed by atoms with van der Waals surface area (Å²) in [5.74, 6) is -0.781. The number of nitro groups is 1. The minimum Gasteiger partial charge on any atom is -0.369 e. The molecule has 11 heteroatoms. The molecule has 0 radical (unpaired) electrons. The fourth-order valence-electron chi connectivity index (χ4n) is 5.26. The molecule has 2 aromatic carbocycles. The molecule has 5 rings (SSSR count). The smallest absolute Gasteiger partial charge is 0.306 e. The van der Waals surface area contributed by atoms with Crippen molar-refractivity contribution in [3.05, 3.63) is 97.8 Å². The third-order valence-electron chi connectivity index (χ3n) is 7.66. The predicted molar refractivity (Wildman–Crippen MR) is 173 cm³/mol. The molecular weight excluding hydrogens is 593 g/mol. The zero-order valence-corrected chi connectivity index (χ0v) is 26.1. The van der Waals surface area contributed by atoms with Crippen LogP contribution < -0.4 is 10.6 Å². The minimum atomic E-state index is -0.781. The van der Waals surface area contributed by atoms with E-state index in [-0.39, 0.29) is 16.5 Å². The normalized spacial score (nSPS) is 16.9. The second kappa shape index (κ2) is 13.9. The summed E-state index contributed by atoms with van der Waals surface area (Å²) in [6, 6.07) is 19.2. The van der Waals surface area contributed by atoms with Gasteiger partial charge in [0.1, 0.15) is 5.69 Å². The Morgan fingerprint density at radius 3 is 2.24 bits per heavy atom. The molecule has 0 bridgehead atoms. The highest BCUT2D eigenvalue weighted by Gasteiger charge is 2.29. The number of carbonyl (C=O) groups excluding carboxylic acids is 1. The maximum Gasteiger partial charge on any atom is 0.306 e. The van der Waals surface area contributed by atoms with E-state index in [1.807, 2.05) is 12.1 Å². The number of hydrogen-bond acceptors (Lipinski definition) is 7. The Morgan fingerprint density at radius 1 is 1.02 bits per heavy atom. The Labute approximate surface area is 262 Å². The van der Waals surface area contributed by atoms with E-state index in [9.17, 15) is 14.9 Å². The van der Waals surface area contributed by atoms with Gasteiger partial charge in [-0.3, -0.25) is 19.8 Å². The van der Waals surface area contributed by atoms with Gasteiger partial charge < -0.3 is 10.6 Å². The average molecular weight is 629 g/mol. The molecule has 3 aromatic rings. The topological polar surface area (TPSA) is 106 Å². The average Bonchev–Trinajstić information content (AvgIpc) is 2.95. The third-order valence-corrected chi connectivity index (χ3v) is 8.49. The molecule has 222 valence electrons. The van der Waals surface area contributed by atoms with Crippen molar-refractivity contribution in [2.75, 3.05) is 37.6 Å². The number of nitrogens with two attached hydrogens (primary N) is 1. The van der Waals surface area contributed by atoms with Gasteiger partial charge in [0, 0.05) is 54.4 Å². The molecule has 8 nitrogen and oxygen atoms in total. The lowest BCUT2D eigenvalue weighted by molar-refractivity contribution is -0.385. The Bertz CT molecular complexity index is 1450. The maximum absolute atomic E-state index is 10.6. The third kappa shape index (κ3) is 8.47. The number of benzene rings is 2. The molecule has 0 unspecified atom stereocenters. The van der Waals surface area contributed by atoms with Gasteiger partial charge in [0.15, 0.2) is 0 Å². The first-order valence-electron chi connectivity index (χ1n) is 13.8. The van der Waals surface area contributed by atoms with Crippen molar-refractivity contribution in [3.8, 4) is 0 Å². The molecule has 0 atom stereocenters. The number of carbonyl (C=O) groups is 1. The Balaban J connectivity index is 0.000000262. The largest absolute Gasteiger partial charge is 0.369 e. The van der Waals surface area contributed by atoms with Gasteiger partial charge in [0.2, 0.25) is 5.15 Å². The molecule has 2 aliphatic rings. The van der Waals surface area contributed by atoms with E-state index in [0.29, 0.717) is 5.41 Å². The van der Waals surface area contributed by atoms with Crippen LogP contribution in [0.4, 0.5) is 11.4 Å². The van der Waals surface area contributed by atoms with E-state index >= 15 is 0 Å². The second-order valence-electron chi connectivity index (χ2n) is 11.3. The van der Waals surface area contributed by atoms with E-state index in [1.54, 1.807) is 11.1 Å². The van der Waals surface area contributed by atoms with Crippen molar-refractivity contribution in [2.45, 2.75) is 38.0 Å². The van der Waals surface area contributed by atoms with Crippen molar-refractivity contribution in [2.24, 2.45) is 11.1 Å². The van der Waals surface area contributed by atoms with Gasteiger partial charge in [-0.1, -0.05) is 54.8 Å². The molecule has 1 aliphatic carbocycles. The monoisotopic (exact) mass is 627 g/mol. The molecule has 0 spiro atoms. The van der Waals surface area contributed by atoms with Crippen molar-refractivity contribution in [3.63, 3.8) is 0 Å². The molecule has 1 aromatic heterocycles. The summed E-state index contributed by atoms with van der Waals surface area (Å²) in [4.78, 5) is 29.7. The van der Waals surface area contributed by atoms with Crippen LogP contribution in [0, 0.1) is 15.5 Å². The summed E-state index contributed by atoms with van der Waals surface area (Å²) < 4.78 is 0. The van der Waals surface area contributed by atoms with Crippen LogP contribution in [-0.4, -0.2) is 53.4 Å². The Morgan fingerprint density at radius 2 is 1.67 bits per heavy atom. The van der Waals surface area contributed by atoms with Crippen molar-refractivity contribution < 1.29 is 9.72 Å². The molecule has 1 fully saturated rings. The van der Waals surface area contributed by atoms with Gasteiger partial charge in [-0.15, -0.1) is 12.6 Å². The minimum absolute atomic E-state index is 0.101. The summed E-state index contributed by atoms with van der Waals surface area (Å²) in [6.45, 7) is 10.3. The van der Waals surface area contributed by atoms with Crippen LogP contribution in [0.3, 0.4) is 0 Å². The van der Waals surface area contributed by atoms with E-state index in [0.717, 1.165) is 61.2 Å². The lowest BCUT2D eigenvalue weighted by atomic mass is 9.72. The fourth-order valence-corrected chi connectivity index (χ4v) is 5.76. The van der Waals surface area contributed by atoms with Crippen LogP contribution in [0.1, 0.15) is 49.2 Å². The number of pyridine rings is 1. The molecule has 42 heavy (non-hydrogen) atoms. The predicted octanol–water partition coefficient (Wildman–Crippen LogP) is 7.16. The highest BCUT2D eigenvalue weighted by molar-refractivity contribution is 7.80. The highest BCUT2D eigenvalue weighted by atomic mass is 35.5. The molecule has 2 heterocycles. The number of anilines is 1. The van der Waals surface area contributed by atoms with Crippen LogP contribution in [0.2, 0.25) is 10.2 Å². The number of piperazine rings is 1. The molecule has 1 saturated heterocycles. The van der Waals surface area contributed by atoms with Crippen LogP contribution in [0.25, 0.3) is 5.57 Å². The van der Waals surface area contributed by atoms with E-state index in [2.05, 4.69) is 77.7 Å². The van der Waals surface area contributed by atoms with Gasteiger partial charge in [-0.2, -0.15) is 0 Å². The molecule has 1 aliphatic heterocycles. The SMILES string of the molecule is CC1(C)CCC(CN2CCN(c3ccc(S)cc3)CC2)=C(c2ccc(Cl)cc2)C1.NC(=O)c1ccc([N+](=O)[O-])c(Cl)n1. The van der Waals surface area contributed by atoms with Crippen molar-refractivity contribution >= 4 is 58.7 Å². The fraction of sp³-hybridized carbons (Fsp3) is 0.355. The lowest BCUT2D eigenvalue weighted by Crippen LogP contribution is -2.47. The molecular formula is C31H35Cl2N5O3S. The number of amides is 1. The van der Waals surface area contributed by atoms with E-state index in [4.69, 9.17) is 28.9 Å². The quantitative estimate of drug-likeness (QED) is 0.130. The van der Waals surface area contributed by atoms with Gasteiger partial charge in [-0.05, 0) is 78.3 Å². The molecule has 2 N–H and O–H groups in total. The first-order chi connectivity index (χ1) is 19.9. The van der Waals surface area contributed by atoms with Crippen molar-refractivity contribution in [1.82, 2.24) is 9.88 Å². The van der Waals surface area contributed by atoms with Crippen LogP contribution in [0.5, 0.6) is 0 Å². The standard InChI is InChI=1S/C25H31ClN2S.C6H4ClN3O3/c1-25(2)12-11-20(24(17-25)19-3-5-21(26)6-4-19)18-27-13-15-28(16-14-27)22-7-9-23(29)10-8-22;7-5-4(10(12)13)2-1-3(9-5)6(8)11/h3-10,29H,11-18H2,1-2H3;1-2H,(H2,8,11). The Hall–Kier alpha value is -3.11. The van der Waals surface area contributed by atoms with Gasteiger partial charge in [0.05, 0.1) is 4.92 Å². The number of thiol groups is 1. The van der Waals surface area contributed by atoms with Gasteiger partial charge in [0.25, 0.3) is 5.91 Å². The number of primary amides is 1. The van der Waals surface area contributed by atoms with Crippen LogP contribution in [0.15, 0.2) is 71.1 Å². The van der Waals surface area contributed by atoms with Crippen molar-refractivity contribution in [1.29, 1.82) is 0 Å². The number of halogens is 2. The van der Waals surface area contributed by atoms with Gasteiger partial charge >= 0.3 is 5.69 Å². The number of nitrogens with zero attached hydrogens (tertiary/aromatic N) is 4. The first kappa shape index (κ1) is 31.8. The van der Waals surface area contributed by atoms with E-state index < -0.39 is 10.8 Å². The van der Waals surface area contributed by atoms with Gasteiger partial charge in [-0.25, -0.2) is 4.98 Å². The summed E-state index contributed by atoms with van der Waals surface area (Å²) in [6.07, 6.45) is 3.63. The number of aromatic nitrogens is 1. The number of rotatable bonds is 6. The summed E-state index contributed by atoms with van der Waals surface area (Å²) >= 11 is 15.9. The summed E-state index contributed by atoms with van der Waals surface area (Å²) in [5.41, 5.74) is 10.6.